The number of carbonyl (C=O) groups excluding carboxylic acids is 1. The molecule has 1 aliphatic heterocycles. The molecule has 1 fully saturated rings. The summed E-state index contributed by atoms with van der Waals surface area (Å²) in [6.07, 6.45) is 0. The van der Waals surface area contributed by atoms with Crippen LogP contribution in [-0.2, 0) is 0 Å². The quantitative estimate of drug-likeness (QED) is 0.751. The molecule has 3 N–H and O–H groups in total. The molecule has 0 spiro atoms. The van der Waals surface area contributed by atoms with Crippen molar-refractivity contribution in [2.75, 3.05) is 38.1 Å². The Kier molecular flexibility index (Phi) is 3.13. The number of aromatic nitrogens is 1. The third kappa shape index (κ3) is 2.17. The summed E-state index contributed by atoms with van der Waals surface area (Å²) in [5.41, 5.74) is 2.82. The summed E-state index contributed by atoms with van der Waals surface area (Å²) < 4.78 is 0. The van der Waals surface area contributed by atoms with Gasteiger partial charge in [-0.1, -0.05) is 6.07 Å². The highest BCUT2D eigenvalue weighted by Gasteiger charge is 2.15. The van der Waals surface area contributed by atoms with E-state index in [9.17, 15) is 4.79 Å². The third-order valence-electron chi connectivity index (χ3n) is 3.57. The van der Waals surface area contributed by atoms with Crippen LogP contribution >= 0.6 is 0 Å². The number of anilines is 1. The molecule has 0 saturated carbocycles. The molecule has 0 aliphatic carbocycles. The molecule has 1 aliphatic rings. The Balaban J connectivity index is 2.04. The number of rotatable bonds is 2. The van der Waals surface area contributed by atoms with Crippen molar-refractivity contribution in [2.45, 2.75) is 0 Å². The largest absolute Gasteiger partial charge is 0.368 e. The lowest BCUT2D eigenvalue weighted by molar-refractivity contribution is 0.0959. The van der Waals surface area contributed by atoms with Gasteiger partial charge in [0.2, 0.25) is 0 Å². The van der Waals surface area contributed by atoms with Crippen molar-refractivity contribution in [1.82, 2.24) is 15.6 Å². The Morgan fingerprint density at radius 1 is 1.32 bits per heavy atom. The predicted molar refractivity (Wildman–Crippen MR) is 76.8 cm³/mol. The van der Waals surface area contributed by atoms with Crippen LogP contribution in [0.2, 0.25) is 0 Å². The summed E-state index contributed by atoms with van der Waals surface area (Å²) in [7, 11) is 1.64. The maximum absolute atomic E-state index is 11.7. The molecular formula is C14H18N4O. The van der Waals surface area contributed by atoms with Crippen LogP contribution in [0, 0.1) is 0 Å². The number of aromatic amines is 1. The van der Waals surface area contributed by atoms with Gasteiger partial charge in [-0.05, 0) is 18.2 Å². The molecule has 2 heterocycles. The highest BCUT2D eigenvalue weighted by Crippen LogP contribution is 2.27. The number of nitrogens with zero attached hydrogens (tertiary/aromatic N) is 1. The van der Waals surface area contributed by atoms with Gasteiger partial charge >= 0.3 is 0 Å². The third-order valence-corrected chi connectivity index (χ3v) is 3.57. The summed E-state index contributed by atoms with van der Waals surface area (Å²) in [4.78, 5) is 17.2. The number of hydrogen-bond acceptors (Lipinski definition) is 3. The number of amides is 1. The van der Waals surface area contributed by atoms with Gasteiger partial charge in [-0.3, -0.25) is 4.79 Å². The van der Waals surface area contributed by atoms with Gasteiger partial charge in [0.05, 0.1) is 0 Å². The van der Waals surface area contributed by atoms with E-state index < -0.39 is 0 Å². The average molecular weight is 258 g/mol. The first-order chi connectivity index (χ1) is 9.29. The molecule has 0 bridgehead atoms. The van der Waals surface area contributed by atoms with Gasteiger partial charge in [0.25, 0.3) is 5.91 Å². The van der Waals surface area contributed by atoms with Crippen molar-refractivity contribution >= 4 is 22.5 Å². The molecule has 100 valence electrons. The molecule has 5 nitrogen and oxygen atoms in total. The van der Waals surface area contributed by atoms with Crippen molar-refractivity contribution in [3.8, 4) is 0 Å². The van der Waals surface area contributed by atoms with Crippen LogP contribution < -0.4 is 15.5 Å². The lowest BCUT2D eigenvalue weighted by atomic mass is 10.1. The standard InChI is InChI=1S/C14H18N4O/c1-15-14(19)12-9-10-11(17-12)3-2-4-13(10)18-7-5-16-6-8-18/h2-4,9,16-17H,5-8H2,1H3,(H,15,19). The van der Waals surface area contributed by atoms with Gasteiger partial charge in [0, 0.05) is 49.8 Å². The summed E-state index contributed by atoms with van der Waals surface area (Å²) in [6.45, 7) is 4.01. The number of piperazine rings is 1. The summed E-state index contributed by atoms with van der Waals surface area (Å²) >= 11 is 0. The topological polar surface area (TPSA) is 60.2 Å². The van der Waals surface area contributed by atoms with Crippen molar-refractivity contribution in [1.29, 1.82) is 0 Å². The van der Waals surface area contributed by atoms with Gasteiger partial charge in [0.15, 0.2) is 0 Å². The number of benzene rings is 1. The fourth-order valence-corrected chi connectivity index (χ4v) is 2.58. The van der Waals surface area contributed by atoms with Crippen LogP contribution in [0.4, 0.5) is 5.69 Å². The molecule has 1 aromatic heterocycles. The van der Waals surface area contributed by atoms with Crippen molar-refractivity contribution in [3.63, 3.8) is 0 Å². The number of hydrogen-bond donors (Lipinski definition) is 3. The predicted octanol–water partition coefficient (Wildman–Crippen LogP) is 0.937. The average Bonchev–Trinajstić information content (AvgIpc) is 2.91. The minimum Gasteiger partial charge on any atom is -0.368 e. The van der Waals surface area contributed by atoms with Gasteiger partial charge in [-0.15, -0.1) is 0 Å². The van der Waals surface area contributed by atoms with E-state index >= 15 is 0 Å². The molecule has 2 aromatic rings. The molecule has 5 heteroatoms. The zero-order valence-electron chi connectivity index (χ0n) is 11.0. The molecule has 0 atom stereocenters. The van der Waals surface area contributed by atoms with Gasteiger partial charge in [-0.2, -0.15) is 0 Å². The van der Waals surface area contributed by atoms with Gasteiger partial charge in [-0.25, -0.2) is 0 Å². The first kappa shape index (κ1) is 12.0. The molecule has 3 rings (SSSR count). The van der Waals surface area contributed by atoms with E-state index in [1.54, 1.807) is 7.05 Å². The Morgan fingerprint density at radius 2 is 2.11 bits per heavy atom. The van der Waals surface area contributed by atoms with E-state index in [0.717, 1.165) is 37.1 Å². The Morgan fingerprint density at radius 3 is 2.84 bits per heavy atom. The van der Waals surface area contributed by atoms with E-state index in [2.05, 4.69) is 26.6 Å². The van der Waals surface area contributed by atoms with Crippen molar-refractivity contribution in [3.05, 3.63) is 30.0 Å². The number of nitrogens with one attached hydrogen (secondary N) is 3. The first-order valence-electron chi connectivity index (χ1n) is 6.59. The van der Waals surface area contributed by atoms with Crippen LogP contribution in [0.3, 0.4) is 0 Å². The number of carbonyl (C=O) groups is 1. The maximum atomic E-state index is 11.7. The summed E-state index contributed by atoms with van der Waals surface area (Å²) in [5.74, 6) is -0.0811. The maximum Gasteiger partial charge on any atom is 0.267 e. The molecular weight excluding hydrogens is 240 g/mol. The second-order valence-corrected chi connectivity index (χ2v) is 4.74. The van der Waals surface area contributed by atoms with E-state index in [1.165, 1.54) is 5.69 Å². The van der Waals surface area contributed by atoms with Crippen LogP contribution in [0.1, 0.15) is 10.5 Å². The van der Waals surface area contributed by atoms with Crippen molar-refractivity contribution in [2.24, 2.45) is 0 Å². The molecule has 1 aromatic carbocycles. The Labute approximate surface area is 112 Å². The van der Waals surface area contributed by atoms with Gasteiger partial charge < -0.3 is 20.5 Å². The molecule has 19 heavy (non-hydrogen) atoms. The van der Waals surface area contributed by atoms with Crippen LogP contribution in [0.25, 0.3) is 10.9 Å². The van der Waals surface area contributed by atoms with Crippen molar-refractivity contribution < 1.29 is 4.79 Å². The van der Waals surface area contributed by atoms with Crippen LogP contribution in [-0.4, -0.2) is 44.1 Å². The molecule has 1 amide bonds. The second-order valence-electron chi connectivity index (χ2n) is 4.74. The minimum atomic E-state index is -0.0811. The monoisotopic (exact) mass is 258 g/mol. The van der Waals surface area contributed by atoms with E-state index in [0.29, 0.717) is 5.69 Å². The fraction of sp³-hybridized carbons (Fsp3) is 0.357. The SMILES string of the molecule is CNC(=O)c1cc2c(N3CCNCC3)cccc2[nH]1. The fourth-order valence-electron chi connectivity index (χ4n) is 2.58. The molecule has 0 unspecified atom stereocenters. The lowest BCUT2D eigenvalue weighted by Gasteiger charge is -2.30. The molecule has 1 saturated heterocycles. The number of fused-ring (bicyclic) bond motifs is 1. The summed E-state index contributed by atoms with van der Waals surface area (Å²) in [5, 5.41) is 7.11. The minimum absolute atomic E-state index is 0.0811. The van der Waals surface area contributed by atoms with E-state index in [4.69, 9.17) is 0 Å². The highest BCUT2D eigenvalue weighted by molar-refractivity contribution is 6.01. The van der Waals surface area contributed by atoms with Crippen LogP contribution in [0.15, 0.2) is 24.3 Å². The molecule has 0 radical (unpaired) electrons. The Hall–Kier alpha value is -2.01. The van der Waals surface area contributed by atoms with E-state index in [1.807, 2.05) is 18.2 Å². The van der Waals surface area contributed by atoms with E-state index in [-0.39, 0.29) is 5.91 Å². The summed E-state index contributed by atoms with van der Waals surface area (Å²) in [6, 6.07) is 8.10. The lowest BCUT2D eigenvalue weighted by Crippen LogP contribution is -2.43. The highest BCUT2D eigenvalue weighted by atomic mass is 16.1. The smallest absolute Gasteiger partial charge is 0.267 e. The number of H-pyrrole nitrogens is 1. The van der Waals surface area contributed by atoms with Crippen LogP contribution in [0.5, 0.6) is 0 Å². The zero-order chi connectivity index (χ0) is 13.2. The first-order valence-corrected chi connectivity index (χ1v) is 6.59. The van der Waals surface area contributed by atoms with Gasteiger partial charge in [0.1, 0.15) is 5.69 Å². The normalized spacial score (nSPS) is 15.7. The zero-order valence-corrected chi connectivity index (χ0v) is 11.0. The second kappa shape index (κ2) is 4.93. The Bertz CT molecular complexity index is 599.